The quantitative estimate of drug-likeness (QED) is 0.483. The molecule has 3 atom stereocenters. The SMILES string of the molecule is CN(c1nc(C(=O)NCC(O)C(O)CC(C#N)Cc2ccccc2)cs1)S(C)(=O)=O. The fourth-order valence-corrected chi connectivity index (χ4v) is 4.14. The highest BCUT2D eigenvalue weighted by molar-refractivity contribution is 7.92. The van der Waals surface area contributed by atoms with Crippen LogP contribution < -0.4 is 9.62 Å². The van der Waals surface area contributed by atoms with Crippen LogP contribution in [0.4, 0.5) is 5.13 Å². The van der Waals surface area contributed by atoms with Crippen LogP contribution in [0.5, 0.6) is 0 Å². The molecule has 0 saturated heterocycles. The zero-order chi connectivity index (χ0) is 22.3. The summed E-state index contributed by atoms with van der Waals surface area (Å²) < 4.78 is 24.0. The Kier molecular flexibility index (Phi) is 8.31. The molecule has 0 aliphatic carbocycles. The maximum atomic E-state index is 12.2. The number of anilines is 1. The van der Waals surface area contributed by atoms with Crippen molar-refractivity contribution in [3.8, 4) is 6.07 Å². The summed E-state index contributed by atoms with van der Waals surface area (Å²) in [6.45, 7) is -0.238. The number of rotatable bonds is 10. The molecule has 1 aromatic carbocycles. The third-order valence-electron chi connectivity index (χ3n) is 4.44. The van der Waals surface area contributed by atoms with E-state index < -0.39 is 34.1 Å². The third kappa shape index (κ3) is 6.77. The molecular weight excluding hydrogens is 428 g/mol. The van der Waals surface area contributed by atoms with E-state index in [-0.39, 0.29) is 23.8 Å². The van der Waals surface area contributed by atoms with Crippen LogP contribution in [0.1, 0.15) is 22.5 Å². The number of carbonyl (C=O) groups excluding carboxylic acids is 1. The Morgan fingerprint density at radius 3 is 2.57 bits per heavy atom. The molecule has 0 aliphatic heterocycles. The number of hydrogen-bond donors (Lipinski definition) is 3. The molecule has 30 heavy (non-hydrogen) atoms. The second-order valence-electron chi connectivity index (χ2n) is 6.84. The lowest BCUT2D eigenvalue weighted by molar-refractivity contribution is 0.00986. The van der Waals surface area contributed by atoms with E-state index in [1.807, 2.05) is 30.3 Å². The topological polar surface area (TPSA) is 144 Å². The summed E-state index contributed by atoms with van der Waals surface area (Å²) in [5.74, 6) is -1.09. The molecule has 162 valence electrons. The molecule has 0 aliphatic rings. The molecule has 0 saturated carbocycles. The Morgan fingerprint density at radius 2 is 1.97 bits per heavy atom. The van der Waals surface area contributed by atoms with Crippen LogP contribution in [0.3, 0.4) is 0 Å². The van der Waals surface area contributed by atoms with E-state index in [9.17, 15) is 28.7 Å². The molecule has 1 aromatic heterocycles. The monoisotopic (exact) mass is 452 g/mol. The van der Waals surface area contributed by atoms with Gasteiger partial charge in [-0.05, 0) is 18.4 Å². The van der Waals surface area contributed by atoms with Gasteiger partial charge in [-0.3, -0.25) is 4.79 Å². The first kappa shape index (κ1) is 23.8. The van der Waals surface area contributed by atoms with Crippen LogP contribution in [0.2, 0.25) is 0 Å². The van der Waals surface area contributed by atoms with Gasteiger partial charge in [0.15, 0.2) is 5.13 Å². The van der Waals surface area contributed by atoms with Crippen molar-refractivity contribution in [1.29, 1.82) is 5.26 Å². The van der Waals surface area contributed by atoms with Crippen LogP contribution >= 0.6 is 11.3 Å². The Labute approximate surface area is 179 Å². The van der Waals surface area contributed by atoms with Crippen LogP contribution in [-0.2, 0) is 16.4 Å². The van der Waals surface area contributed by atoms with Crippen LogP contribution in [-0.4, -0.2) is 61.6 Å². The maximum absolute atomic E-state index is 12.2. The minimum Gasteiger partial charge on any atom is -0.390 e. The molecule has 2 rings (SSSR count). The number of aliphatic hydroxyl groups is 2. The van der Waals surface area contributed by atoms with Gasteiger partial charge >= 0.3 is 0 Å². The van der Waals surface area contributed by atoms with E-state index >= 15 is 0 Å². The number of nitrogens with zero attached hydrogens (tertiary/aromatic N) is 3. The molecule has 9 nitrogen and oxygen atoms in total. The number of thiazole rings is 1. The summed E-state index contributed by atoms with van der Waals surface area (Å²) in [5, 5.41) is 33.7. The van der Waals surface area contributed by atoms with Gasteiger partial charge in [0.25, 0.3) is 5.91 Å². The normalized spacial score (nSPS) is 14.4. The van der Waals surface area contributed by atoms with Gasteiger partial charge in [0.2, 0.25) is 10.0 Å². The summed E-state index contributed by atoms with van der Waals surface area (Å²) in [6, 6.07) is 11.5. The maximum Gasteiger partial charge on any atom is 0.270 e. The Morgan fingerprint density at radius 1 is 1.30 bits per heavy atom. The highest BCUT2D eigenvalue weighted by Crippen LogP contribution is 2.21. The van der Waals surface area contributed by atoms with Crippen LogP contribution in [0.15, 0.2) is 35.7 Å². The molecule has 0 radical (unpaired) electrons. The standard InChI is InChI=1S/C19H24N4O5S2/c1-23(30(2,27)28)19-22-15(12-29-19)18(26)21-11-17(25)16(24)9-14(10-20)8-13-6-4-3-5-7-13/h3-7,12,14,16-17,24-25H,8-9,11H2,1-2H3,(H,21,26). The molecule has 0 bridgehead atoms. The number of hydrogen-bond acceptors (Lipinski definition) is 8. The second-order valence-corrected chi connectivity index (χ2v) is 9.69. The van der Waals surface area contributed by atoms with Gasteiger partial charge in [0.1, 0.15) is 5.69 Å². The molecule has 3 unspecified atom stereocenters. The fourth-order valence-electron chi connectivity index (χ4n) is 2.61. The number of amides is 1. The molecule has 0 spiro atoms. The van der Waals surface area contributed by atoms with Crippen molar-refractivity contribution in [2.45, 2.75) is 25.0 Å². The predicted octanol–water partition coefficient (Wildman–Crippen LogP) is 0.763. The first-order chi connectivity index (χ1) is 14.1. The van der Waals surface area contributed by atoms with Gasteiger partial charge in [-0.1, -0.05) is 30.3 Å². The van der Waals surface area contributed by atoms with Gasteiger partial charge < -0.3 is 15.5 Å². The number of nitriles is 1. The highest BCUT2D eigenvalue weighted by Gasteiger charge is 2.23. The fraction of sp³-hybridized carbons (Fsp3) is 0.421. The minimum atomic E-state index is -3.49. The first-order valence-corrected chi connectivity index (χ1v) is 11.8. The van der Waals surface area contributed by atoms with Gasteiger partial charge in [-0.25, -0.2) is 17.7 Å². The van der Waals surface area contributed by atoms with E-state index in [4.69, 9.17) is 0 Å². The Bertz CT molecular complexity index is 988. The van der Waals surface area contributed by atoms with E-state index in [0.29, 0.717) is 6.42 Å². The first-order valence-electron chi connectivity index (χ1n) is 9.09. The molecular formula is C19H24N4O5S2. The van der Waals surface area contributed by atoms with Crippen molar-refractivity contribution in [2.75, 3.05) is 24.2 Å². The van der Waals surface area contributed by atoms with Crippen LogP contribution in [0.25, 0.3) is 0 Å². The Hall–Kier alpha value is -2.52. The number of aliphatic hydroxyl groups excluding tert-OH is 2. The van der Waals surface area contributed by atoms with Crippen molar-refractivity contribution >= 4 is 32.4 Å². The summed E-state index contributed by atoms with van der Waals surface area (Å²) in [7, 11) is -2.16. The number of sulfonamides is 1. The van der Waals surface area contributed by atoms with Gasteiger partial charge in [-0.15, -0.1) is 11.3 Å². The van der Waals surface area contributed by atoms with E-state index in [1.54, 1.807) is 0 Å². The van der Waals surface area contributed by atoms with Gasteiger partial charge in [0, 0.05) is 19.0 Å². The van der Waals surface area contributed by atoms with E-state index in [1.165, 1.54) is 12.4 Å². The van der Waals surface area contributed by atoms with Crippen molar-refractivity contribution in [2.24, 2.45) is 5.92 Å². The second kappa shape index (κ2) is 10.5. The third-order valence-corrected chi connectivity index (χ3v) is 6.64. The average Bonchev–Trinajstić information content (AvgIpc) is 3.20. The van der Waals surface area contributed by atoms with Crippen molar-refractivity contribution in [3.05, 3.63) is 47.0 Å². The Balaban J connectivity index is 1.87. The number of benzene rings is 1. The number of aromatic nitrogens is 1. The van der Waals surface area contributed by atoms with E-state index in [0.717, 1.165) is 27.5 Å². The lowest BCUT2D eigenvalue weighted by atomic mass is 9.93. The molecule has 1 heterocycles. The summed E-state index contributed by atoms with van der Waals surface area (Å²) in [4.78, 5) is 16.2. The minimum absolute atomic E-state index is 0.00571. The smallest absolute Gasteiger partial charge is 0.270 e. The molecule has 11 heteroatoms. The highest BCUT2D eigenvalue weighted by atomic mass is 32.2. The van der Waals surface area contributed by atoms with Gasteiger partial charge in [0.05, 0.1) is 30.5 Å². The molecule has 0 fully saturated rings. The molecule has 3 N–H and O–H groups in total. The zero-order valence-corrected chi connectivity index (χ0v) is 18.2. The van der Waals surface area contributed by atoms with Crippen LogP contribution in [0, 0.1) is 17.2 Å². The summed E-state index contributed by atoms with van der Waals surface area (Å²) >= 11 is 0.993. The zero-order valence-electron chi connectivity index (χ0n) is 16.6. The lowest BCUT2D eigenvalue weighted by Crippen LogP contribution is -2.40. The summed E-state index contributed by atoms with van der Waals surface area (Å²) in [5.41, 5.74) is 0.962. The van der Waals surface area contributed by atoms with Gasteiger partial charge in [-0.2, -0.15) is 5.26 Å². The lowest BCUT2D eigenvalue weighted by Gasteiger charge is -2.20. The average molecular weight is 453 g/mol. The molecule has 1 amide bonds. The number of carbonyl (C=O) groups is 1. The summed E-state index contributed by atoms with van der Waals surface area (Å²) in [6.07, 6.45) is -0.929. The molecule has 2 aromatic rings. The largest absolute Gasteiger partial charge is 0.390 e. The van der Waals surface area contributed by atoms with Crippen molar-refractivity contribution < 1.29 is 23.4 Å². The number of nitrogens with one attached hydrogen (secondary N) is 1. The van der Waals surface area contributed by atoms with Crippen molar-refractivity contribution in [3.63, 3.8) is 0 Å². The van der Waals surface area contributed by atoms with E-state index in [2.05, 4.69) is 16.4 Å². The van der Waals surface area contributed by atoms with Crippen molar-refractivity contribution in [1.82, 2.24) is 10.3 Å². The predicted molar refractivity (Wildman–Crippen MR) is 114 cm³/mol.